The molecule has 1 aromatic heterocycles. The fourth-order valence-electron chi connectivity index (χ4n) is 1.47. The number of aliphatic hydroxyl groups is 1. The molecular formula is C11H10FIN2O. The Morgan fingerprint density at radius 3 is 2.94 bits per heavy atom. The van der Waals surface area contributed by atoms with Crippen molar-refractivity contribution in [1.82, 2.24) is 9.97 Å². The van der Waals surface area contributed by atoms with Crippen molar-refractivity contribution in [2.24, 2.45) is 0 Å². The lowest BCUT2D eigenvalue weighted by Crippen LogP contribution is -2.05. The fraction of sp³-hybridized carbons (Fsp3) is 0.182. The fourth-order valence-corrected chi connectivity index (χ4v) is 2.31. The molecule has 1 heterocycles. The highest BCUT2D eigenvalue weighted by molar-refractivity contribution is 14.1. The Kier molecular flexibility index (Phi) is 3.55. The van der Waals surface area contributed by atoms with E-state index in [-0.39, 0.29) is 5.82 Å². The molecule has 2 rings (SSSR count). The number of nitrogens with one attached hydrogen (secondary N) is 1. The Morgan fingerprint density at radius 2 is 2.31 bits per heavy atom. The number of rotatable bonds is 3. The van der Waals surface area contributed by atoms with E-state index < -0.39 is 6.10 Å². The Bertz CT molecular complexity index is 473. The van der Waals surface area contributed by atoms with E-state index in [1.54, 1.807) is 18.5 Å². The third-order valence-electron chi connectivity index (χ3n) is 2.26. The van der Waals surface area contributed by atoms with Crippen LogP contribution in [-0.4, -0.2) is 15.1 Å². The van der Waals surface area contributed by atoms with E-state index in [0.717, 1.165) is 9.13 Å². The molecule has 1 unspecified atom stereocenters. The average Bonchev–Trinajstić information content (AvgIpc) is 2.70. The van der Waals surface area contributed by atoms with Gasteiger partial charge in [0, 0.05) is 22.4 Å². The molecule has 2 aromatic rings. The van der Waals surface area contributed by atoms with E-state index in [2.05, 4.69) is 9.97 Å². The van der Waals surface area contributed by atoms with Gasteiger partial charge in [-0.2, -0.15) is 0 Å². The first-order valence-electron chi connectivity index (χ1n) is 4.78. The van der Waals surface area contributed by atoms with Crippen LogP contribution in [0.5, 0.6) is 0 Å². The Hall–Kier alpha value is -0.950. The molecule has 0 saturated heterocycles. The largest absolute Gasteiger partial charge is 0.388 e. The first-order valence-corrected chi connectivity index (χ1v) is 5.86. The summed E-state index contributed by atoms with van der Waals surface area (Å²) in [5.74, 6) is 0.422. The van der Waals surface area contributed by atoms with Crippen LogP contribution in [0.1, 0.15) is 17.5 Å². The number of hydrogen-bond donors (Lipinski definition) is 2. The molecule has 5 heteroatoms. The number of halogens is 2. The number of hydrogen-bond acceptors (Lipinski definition) is 2. The van der Waals surface area contributed by atoms with Crippen LogP contribution in [-0.2, 0) is 6.42 Å². The van der Waals surface area contributed by atoms with Crippen LogP contribution in [0, 0.1) is 9.39 Å². The first-order chi connectivity index (χ1) is 7.66. The van der Waals surface area contributed by atoms with Crippen molar-refractivity contribution in [3.63, 3.8) is 0 Å². The van der Waals surface area contributed by atoms with Gasteiger partial charge in [0.1, 0.15) is 11.6 Å². The molecule has 1 atom stereocenters. The van der Waals surface area contributed by atoms with Crippen LogP contribution in [0.2, 0.25) is 0 Å². The quantitative estimate of drug-likeness (QED) is 0.849. The SMILES string of the molecule is OC(Cc1ncc[nH]1)c1ccc(F)cc1I. The minimum absolute atomic E-state index is 0.293. The molecule has 0 aliphatic carbocycles. The molecule has 2 N–H and O–H groups in total. The molecule has 0 saturated carbocycles. The number of nitrogens with zero attached hydrogens (tertiary/aromatic N) is 1. The molecule has 16 heavy (non-hydrogen) atoms. The van der Waals surface area contributed by atoms with Crippen LogP contribution >= 0.6 is 22.6 Å². The summed E-state index contributed by atoms with van der Waals surface area (Å²) in [6.45, 7) is 0. The average molecular weight is 332 g/mol. The van der Waals surface area contributed by atoms with Gasteiger partial charge in [0.25, 0.3) is 0 Å². The Balaban J connectivity index is 2.17. The van der Waals surface area contributed by atoms with Gasteiger partial charge in [0.15, 0.2) is 0 Å². The zero-order valence-corrected chi connectivity index (χ0v) is 10.5. The van der Waals surface area contributed by atoms with Crippen molar-refractivity contribution < 1.29 is 9.50 Å². The minimum Gasteiger partial charge on any atom is -0.388 e. The van der Waals surface area contributed by atoms with Crippen LogP contribution in [0.3, 0.4) is 0 Å². The van der Waals surface area contributed by atoms with E-state index in [1.165, 1.54) is 12.1 Å². The Labute approximate surface area is 106 Å². The van der Waals surface area contributed by atoms with Gasteiger partial charge in [-0.15, -0.1) is 0 Å². The molecule has 84 valence electrons. The van der Waals surface area contributed by atoms with Gasteiger partial charge >= 0.3 is 0 Å². The molecule has 0 radical (unpaired) electrons. The highest BCUT2D eigenvalue weighted by atomic mass is 127. The lowest BCUT2D eigenvalue weighted by molar-refractivity contribution is 0.175. The molecule has 0 aliphatic rings. The second-order valence-electron chi connectivity index (χ2n) is 3.42. The number of benzene rings is 1. The lowest BCUT2D eigenvalue weighted by Gasteiger charge is -2.11. The molecule has 0 amide bonds. The summed E-state index contributed by atoms with van der Waals surface area (Å²) in [6, 6.07) is 4.36. The van der Waals surface area contributed by atoms with E-state index >= 15 is 0 Å². The van der Waals surface area contributed by atoms with Crippen molar-refractivity contribution in [2.75, 3.05) is 0 Å². The lowest BCUT2D eigenvalue weighted by atomic mass is 10.1. The van der Waals surface area contributed by atoms with Crippen LogP contribution in [0.25, 0.3) is 0 Å². The molecule has 1 aromatic carbocycles. The maximum atomic E-state index is 12.9. The summed E-state index contributed by atoms with van der Waals surface area (Å²) in [5.41, 5.74) is 0.721. The van der Waals surface area contributed by atoms with E-state index in [4.69, 9.17) is 0 Å². The van der Waals surface area contributed by atoms with Crippen molar-refractivity contribution in [2.45, 2.75) is 12.5 Å². The summed E-state index contributed by atoms with van der Waals surface area (Å²) >= 11 is 2.01. The minimum atomic E-state index is -0.668. The second kappa shape index (κ2) is 4.92. The predicted molar refractivity (Wildman–Crippen MR) is 66.4 cm³/mol. The van der Waals surface area contributed by atoms with Gasteiger partial charge < -0.3 is 10.1 Å². The molecule has 0 bridgehead atoms. The number of aromatic amines is 1. The number of aromatic nitrogens is 2. The normalized spacial score (nSPS) is 12.7. The van der Waals surface area contributed by atoms with E-state index in [1.807, 2.05) is 22.6 Å². The number of H-pyrrole nitrogens is 1. The monoisotopic (exact) mass is 332 g/mol. The van der Waals surface area contributed by atoms with Gasteiger partial charge in [-0.1, -0.05) is 6.07 Å². The molecule has 3 nitrogen and oxygen atoms in total. The van der Waals surface area contributed by atoms with Gasteiger partial charge in [-0.3, -0.25) is 0 Å². The van der Waals surface area contributed by atoms with Crippen LogP contribution < -0.4 is 0 Å². The zero-order valence-electron chi connectivity index (χ0n) is 8.32. The number of imidazole rings is 1. The topological polar surface area (TPSA) is 48.9 Å². The van der Waals surface area contributed by atoms with Gasteiger partial charge in [-0.25, -0.2) is 9.37 Å². The Morgan fingerprint density at radius 1 is 1.50 bits per heavy atom. The maximum absolute atomic E-state index is 12.9. The van der Waals surface area contributed by atoms with E-state index in [0.29, 0.717) is 12.2 Å². The summed E-state index contributed by atoms with van der Waals surface area (Å²) in [6.07, 6.45) is 3.07. The highest BCUT2D eigenvalue weighted by Gasteiger charge is 2.13. The molecule has 0 spiro atoms. The van der Waals surface area contributed by atoms with Crippen LogP contribution in [0.15, 0.2) is 30.6 Å². The first kappa shape index (κ1) is 11.5. The summed E-state index contributed by atoms with van der Waals surface area (Å²) in [5, 5.41) is 9.98. The number of aliphatic hydroxyl groups excluding tert-OH is 1. The van der Waals surface area contributed by atoms with Gasteiger partial charge in [-0.05, 0) is 40.3 Å². The zero-order chi connectivity index (χ0) is 11.5. The molecular weight excluding hydrogens is 322 g/mol. The summed E-state index contributed by atoms with van der Waals surface area (Å²) in [7, 11) is 0. The highest BCUT2D eigenvalue weighted by Crippen LogP contribution is 2.23. The van der Waals surface area contributed by atoms with Gasteiger partial charge in [0.2, 0.25) is 0 Å². The van der Waals surface area contributed by atoms with Crippen molar-refractivity contribution >= 4 is 22.6 Å². The summed E-state index contributed by atoms with van der Waals surface area (Å²) in [4.78, 5) is 6.96. The standard InChI is InChI=1S/C11H10FIN2O/c12-7-1-2-8(9(13)5-7)10(16)6-11-14-3-4-15-11/h1-5,10,16H,6H2,(H,14,15). The van der Waals surface area contributed by atoms with Crippen molar-refractivity contribution in [1.29, 1.82) is 0 Å². The molecule has 0 aliphatic heterocycles. The molecule has 0 fully saturated rings. The maximum Gasteiger partial charge on any atom is 0.124 e. The third-order valence-corrected chi connectivity index (χ3v) is 3.20. The van der Waals surface area contributed by atoms with Gasteiger partial charge in [0.05, 0.1) is 6.10 Å². The van der Waals surface area contributed by atoms with Crippen molar-refractivity contribution in [3.8, 4) is 0 Å². The predicted octanol–water partition coefficient (Wildman–Crippen LogP) is 2.43. The smallest absolute Gasteiger partial charge is 0.124 e. The third kappa shape index (κ3) is 2.59. The van der Waals surface area contributed by atoms with Crippen molar-refractivity contribution in [3.05, 3.63) is 51.4 Å². The van der Waals surface area contributed by atoms with E-state index in [9.17, 15) is 9.50 Å². The summed E-state index contributed by atoms with van der Waals surface area (Å²) < 4.78 is 13.6. The second-order valence-corrected chi connectivity index (χ2v) is 4.58. The van der Waals surface area contributed by atoms with Crippen LogP contribution in [0.4, 0.5) is 4.39 Å².